The zero-order chi connectivity index (χ0) is 11.9. The van der Waals surface area contributed by atoms with Crippen LogP contribution in [-0.4, -0.2) is 29.1 Å². The number of carbonyl (C=O) groups excluding carboxylic acids is 1. The van der Waals surface area contributed by atoms with Crippen molar-refractivity contribution in [1.29, 1.82) is 0 Å². The molecule has 0 aromatic carbocycles. The Morgan fingerprint density at radius 2 is 2.00 bits per heavy atom. The summed E-state index contributed by atoms with van der Waals surface area (Å²) in [6.07, 6.45) is 3.86. The number of nitrogens with zero attached hydrogens (tertiary/aromatic N) is 1. The smallest absolute Gasteiger partial charge is 0.241 e. The number of nitrogens with one attached hydrogen (secondary N) is 1. The van der Waals surface area contributed by atoms with Gasteiger partial charge in [0, 0.05) is 6.04 Å². The molecule has 92 valence electrons. The topological polar surface area (TPSA) is 32.3 Å². The van der Waals surface area contributed by atoms with Gasteiger partial charge in [-0.15, -0.1) is 0 Å². The molecule has 2 fully saturated rings. The molecular weight excluding hydrogens is 200 g/mol. The summed E-state index contributed by atoms with van der Waals surface area (Å²) in [5.41, 5.74) is 0. The fraction of sp³-hybridized carbons (Fsp3) is 0.923. The van der Waals surface area contributed by atoms with Crippen molar-refractivity contribution < 1.29 is 4.79 Å². The first-order valence-corrected chi connectivity index (χ1v) is 6.59. The van der Waals surface area contributed by atoms with Crippen molar-refractivity contribution in [3.8, 4) is 0 Å². The van der Waals surface area contributed by atoms with Crippen LogP contribution in [0.3, 0.4) is 0 Å². The molecule has 1 N–H and O–H groups in total. The Morgan fingerprint density at radius 3 is 2.44 bits per heavy atom. The molecular formula is C13H24N2O. The largest absolute Gasteiger partial charge is 0.323 e. The molecule has 3 nitrogen and oxygen atoms in total. The predicted molar refractivity (Wildman–Crippen MR) is 64.9 cm³/mol. The van der Waals surface area contributed by atoms with Gasteiger partial charge in [-0.25, -0.2) is 0 Å². The fourth-order valence-corrected chi connectivity index (χ4v) is 3.17. The minimum atomic E-state index is 0.0332. The average Bonchev–Trinajstić information content (AvgIpc) is 2.71. The van der Waals surface area contributed by atoms with Gasteiger partial charge in [0.2, 0.25) is 5.91 Å². The predicted octanol–water partition coefficient (Wildman–Crippen LogP) is 1.98. The maximum atomic E-state index is 12.3. The third kappa shape index (κ3) is 1.97. The zero-order valence-electron chi connectivity index (χ0n) is 10.9. The Bertz CT molecular complexity index is 277. The van der Waals surface area contributed by atoms with Gasteiger partial charge in [0.05, 0.1) is 12.2 Å². The number of amides is 1. The van der Waals surface area contributed by atoms with Crippen LogP contribution in [0.2, 0.25) is 0 Å². The van der Waals surface area contributed by atoms with E-state index >= 15 is 0 Å². The average molecular weight is 224 g/mol. The minimum absolute atomic E-state index is 0.0332. The van der Waals surface area contributed by atoms with Crippen molar-refractivity contribution in [3.63, 3.8) is 0 Å². The normalized spacial score (nSPS) is 40.1. The van der Waals surface area contributed by atoms with Crippen LogP contribution >= 0.6 is 0 Å². The Balaban J connectivity index is 2.07. The van der Waals surface area contributed by atoms with Crippen LogP contribution in [0.1, 0.15) is 47.0 Å². The third-order valence-electron chi connectivity index (χ3n) is 4.09. The summed E-state index contributed by atoms with van der Waals surface area (Å²) < 4.78 is 0. The summed E-state index contributed by atoms with van der Waals surface area (Å²) in [4.78, 5) is 14.4. The lowest BCUT2D eigenvalue weighted by molar-refractivity contribution is -0.132. The first-order chi connectivity index (χ1) is 7.50. The van der Waals surface area contributed by atoms with E-state index in [0.29, 0.717) is 17.9 Å². The van der Waals surface area contributed by atoms with E-state index in [2.05, 4.69) is 37.9 Å². The van der Waals surface area contributed by atoms with Crippen molar-refractivity contribution in [2.45, 2.75) is 65.2 Å². The highest BCUT2D eigenvalue weighted by molar-refractivity contribution is 5.84. The van der Waals surface area contributed by atoms with E-state index < -0.39 is 0 Å². The number of rotatable bonds is 2. The second kappa shape index (κ2) is 4.36. The molecule has 16 heavy (non-hydrogen) atoms. The molecule has 2 rings (SSSR count). The number of hydrogen-bond acceptors (Lipinski definition) is 2. The highest BCUT2D eigenvalue weighted by Crippen LogP contribution is 2.32. The number of carbonyl (C=O) groups is 1. The summed E-state index contributed by atoms with van der Waals surface area (Å²) in [6.45, 7) is 8.63. The molecule has 1 amide bonds. The van der Waals surface area contributed by atoms with E-state index in [0.717, 1.165) is 5.92 Å². The monoisotopic (exact) mass is 224 g/mol. The Hall–Kier alpha value is -0.570. The van der Waals surface area contributed by atoms with Gasteiger partial charge in [0.25, 0.3) is 0 Å². The molecule has 1 saturated carbocycles. The van der Waals surface area contributed by atoms with E-state index in [1.165, 1.54) is 19.3 Å². The summed E-state index contributed by atoms with van der Waals surface area (Å²) >= 11 is 0. The maximum Gasteiger partial charge on any atom is 0.241 e. The molecule has 0 bridgehead atoms. The molecule has 1 aliphatic carbocycles. The first kappa shape index (κ1) is 11.9. The van der Waals surface area contributed by atoms with Gasteiger partial charge in [-0.2, -0.15) is 0 Å². The van der Waals surface area contributed by atoms with Crippen molar-refractivity contribution in [1.82, 2.24) is 10.2 Å². The van der Waals surface area contributed by atoms with Crippen LogP contribution < -0.4 is 5.32 Å². The molecule has 2 aliphatic rings. The highest BCUT2D eigenvalue weighted by atomic mass is 16.2. The zero-order valence-corrected chi connectivity index (χ0v) is 10.9. The second-order valence-electron chi connectivity index (χ2n) is 5.88. The lowest BCUT2D eigenvalue weighted by Crippen LogP contribution is -2.42. The SMILES string of the molecule is CC1CCC(N2C(=O)C(C(C)C)NC2C)C1. The summed E-state index contributed by atoms with van der Waals surface area (Å²) in [7, 11) is 0. The van der Waals surface area contributed by atoms with Crippen LogP contribution in [0, 0.1) is 11.8 Å². The van der Waals surface area contributed by atoms with Crippen LogP contribution in [-0.2, 0) is 4.79 Å². The van der Waals surface area contributed by atoms with E-state index in [9.17, 15) is 4.79 Å². The molecule has 4 atom stereocenters. The van der Waals surface area contributed by atoms with Crippen LogP contribution in [0.4, 0.5) is 0 Å². The molecule has 1 saturated heterocycles. The summed E-state index contributed by atoms with van der Waals surface area (Å²) in [5.74, 6) is 1.49. The standard InChI is InChI=1S/C13H24N2O/c1-8(2)12-13(16)15(10(4)14-12)11-6-5-9(3)7-11/h8-12,14H,5-7H2,1-4H3. The Morgan fingerprint density at radius 1 is 1.31 bits per heavy atom. The Labute approximate surface area is 98.6 Å². The quantitative estimate of drug-likeness (QED) is 0.778. The molecule has 0 spiro atoms. The van der Waals surface area contributed by atoms with Crippen LogP contribution in [0.5, 0.6) is 0 Å². The summed E-state index contributed by atoms with van der Waals surface area (Å²) in [5, 5.41) is 3.42. The highest BCUT2D eigenvalue weighted by Gasteiger charge is 2.42. The van der Waals surface area contributed by atoms with Crippen molar-refractivity contribution in [2.24, 2.45) is 11.8 Å². The molecule has 0 radical (unpaired) electrons. The lowest BCUT2D eigenvalue weighted by atomic mass is 10.0. The van der Waals surface area contributed by atoms with Crippen molar-refractivity contribution >= 4 is 5.91 Å². The van der Waals surface area contributed by atoms with Gasteiger partial charge in [0.1, 0.15) is 0 Å². The molecule has 3 heteroatoms. The van der Waals surface area contributed by atoms with Gasteiger partial charge in [0.15, 0.2) is 0 Å². The number of hydrogen-bond donors (Lipinski definition) is 1. The van der Waals surface area contributed by atoms with Gasteiger partial charge in [-0.05, 0) is 38.0 Å². The lowest BCUT2D eigenvalue weighted by Gasteiger charge is -2.28. The van der Waals surface area contributed by atoms with Crippen molar-refractivity contribution in [2.75, 3.05) is 0 Å². The molecule has 1 heterocycles. The van der Waals surface area contributed by atoms with E-state index in [-0.39, 0.29) is 12.2 Å². The van der Waals surface area contributed by atoms with Crippen LogP contribution in [0.15, 0.2) is 0 Å². The van der Waals surface area contributed by atoms with Gasteiger partial charge >= 0.3 is 0 Å². The summed E-state index contributed by atoms with van der Waals surface area (Å²) in [6, 6.07) is 0.514. The molecule has 0 aromatic heterocycles. The molecule has 1 aliphatic heterocycles. The van der Waals surface area contributed by atoms with Gasteiger partial charge < -0.3 is 4.90 Å². The molecule has 4 unspecified atom stereocenters. The van der Waals surface area contributed by atoms with Crippen molar-refractivity contribution in [3.05, 3.63) is 0 Å². The maximum absolute atomic E-state index is 12.3. The second-order valence-corrected chi connectivity index (χ2v) is 5.88. The third-order valence-corrected chi connectivity index (χ3v) is 4.09. The van der Waals surface area contributed by atoms with E-state index in [4.69, 9.17) is 0 Å². The minimum Gasteiger partial charge on any atom is -0.323 e. The van der Waals surface area contributed by atoms with E-state index in [1.54, 1.807) is 0 Å². The van der Waals surface area contributed by atoms with Gasteiger partial charge in [-0.3, -0.25) is 10.1 Å². The van der Waals surface area contributed by atoms with Crippen LogP contribution in [0.25, 0.3) is 0 Å². The fourth-order valence-electron chi connectivity index (χ4n) is 3.17. The first-order valence-electron chi connectivity index (χ1n) is 6.59. The van der Waals surface area contributed by atoms with Gasteiger partial charge in [-0.1, -0.05) is 20.8 Å². The Kier molecular flexibility index (Phi) is 3.24. The van der Waals surface area contributed by atoms with E-state index in [1.807, 2.05) is 0 Å². The molecule has 0 aromatic rings.